The number of methoxy groups -OCH3 is 1. The minimum atomic E-state index is -4.00. The molecule has 0 aliphatic heterocycles. The summed E-state index contributed by atoms with van der Waals surface area (Å²) in [6.45, 7) is 2.72. The van der Waals surface area contributed by atoms with Gasteiger partial charge < -0.3 is 10.1 Å². The molecule has 0 atom stereocenters. The summed E-state index contributed by atoms with van der Waals surface area (Å²) >= 11 is 5.91. The van der Waals surface area contributed by atoms with E-state index < -0.39 is 9.05 Å². The summed E-state index contributed by atoms with van der Waals surface area (Å²) in [5.41, 5.74) is 0.686. The van der Waals surface area contributed by atoms with Crippen molar-refractivity contribution in [3.63, 3.8) is 0 Å². The first-order valence-electron chi connectivity index (χ1n) is 6.29. The van der Waals surface area contributed by atoms with Crippen molar-refractivity contribution >= 4 is 37.2 Å². The molecule has 1 N–H and O–H groups in total. The highest BCUT2D eigenvalue weighted by molar-refractivity contribution is 8.13. The summed E-state index contributed by atoms with van der Waals surface area (Å²) in [5, 5.41) is 2.74. The van der Waals surface area contributed by atoms with Crippen molar-refractivity contribution in [1.29, 1.82) is 0 Å². The number of ether oxygens (including phenoxy) is 1. The second kappa shape index (κ2) is 7.98. The first kappa shape index (κ1) is 18.2. The van der Waals surface area contributed by atoms with Gasteiger partial charge in [0, 0.05) is 36.5 Å². The highest BCUT2D eigenvalue weighted by Gasteiger charge is 2.19. The zero-order chi connectivity index (χ0) is 16.0. The van der Waals surface area contributed by atoms with Crippen LogP contribution in [0.1, 0.15) is 28.8 Å². The lowest BCUT2D eigenvalue weighted by atomic mass is 10.1. The predicted molar refractivity (Wildman–Crippen MR) is 82.7 cm³/mol. The van der Waals surface area contributed by atoms with E-state index in [1.54, 1.807) is 14.0 Å². The van der Waals surface area contributed by atoms with Gasteiger partial charge in [-0.1, -0.05) is 11.6 Å². The van der Waals surface area contributed by atoms with Crippen molar-refractivity contribution in [2.75, 3.05) is 20.3 Å². The summed E-state index contributed by atoms with van der Waals surface area (Å²) in [6, 6.07) is 2.71. The SMILES string of the molecule is COCCCCNC(=O)c1cc(C)c(Cl)c(S(=O)(=O)Cl)c1. The molecule has 1 rings (SSSR count). The molecule has 0 aliphatic rings. The van der Waals surface area contributed by atoms with Crippen LogP contribution in [0.5, 0.6) is 0 Å². The van der Waals surface area contributed by atoms with Crippen LogP contribution in [0.2, 0.25) is 5.02 Å². The van der Waals surface area contributed by atoms with E-state index in [0.717, 1.165) is 12.8 Å². The molecule has 5 nitrogen and oxygen atoms in total. The molecule has 0 saturated heterocycles. The maximum Gasteiger partial charge on any atom is 0.262 e. The van der Waals surface area contributed by atoms with Crippen molar-refractivity contribution < 1.29 is 17.9 Å². The van der Waals surface area contributed by atoms with Crippen LogP contribution in [-0.4, -0.2) is 34.6 Å². The van der Waals surface area contributed by atoms with Crippen LogP contribution < -0.4 is 5.32 Å². The topological polar surface area (TPSA) is 72.5 Å². The molecule has 0 fully saturated rings. The second-order valence-electron chi connectivity index (χ2n) is 4.50. The average molecular weight is 354 g/mol. The fourth-order valence-electron chi connectivity index (χ4n) is 1.72. The van der Waals surface area contributed by atoms with Crippen molar-refractivity contribution in [3.05, 3.63) is 28.3 Å². The number of benzene rings is 1. The lowest BCUT2D eigenvalue weighted by Crippen LogP contribution is -2.25. The van der Waals surface area contributed by atoms with Gasteiger partial charge in [-0.3, -0.25) is 4.79 Å². The van der Waals surface area contributed by atoms with Crippen LogP contribution in [0.3, 0.4) is 0 Å². The number of rotatable bonds is 7. The van der Waals surface area contributed by atoms with Crippen LogP contribution in [0.25, 0.3) is 0 Å². The largest absolute Gasteiger partial charge is 0.385 e. The first-order chi connectivity index (χ1) is 9.77. The number of unbranched alkanes of at least 4 members (excludes halogenated alkanes) is 1. The van der Waals surface area contributed by atoms with E-state index in [2.05, 4.69) is 5.32 Å². The Morgan fingerprint density at radius 1 is 1.33 bits per heavy atom. The van der Waals surface area contributed by atoms with E-state index in [0.29, 0.717) is 18.7 Å². The zero-order valence-corrected chi connectivity index (χ0v) is 14.1. The van der Waals surface area contributed by atoms with Crippen molar-refractivity contribution in [2.24, 2.45) is 0 Å². The molecule has 0 spiro atoms. The molecule has 118 valence electrons. The Kier molecular flexibility index (Phi) is 6.93. The molecule has 0 unspecified atom stereocenters. The molecule has 1 aromatic carbocycles. The summed E-state index contributed by atoms with van der Waals surface area (Å²) in [5.74, 6) is -0.367. The van der Waals surface area contributed by atoms with Gasteiger partial charge in [0.2, 0.25) is 0 Å². The highest BCUT2D eigenvalue weighted by atomic mass is 35.7. The van der Waals surface area contributed by atoms with Crippen molar-refractivity contribution in [3.8, 4) is 0 Å². The molecular formula is C13H17Cl2NO4S. The number of carbonyl (C=O) groups excluding carboxylic acids is 1. The number of amides is 1. The maximum absolute atomic E-state index is 12.0. The normalized spacial score (nSPS) is 11.4. The van der Waals surface area contributed by atoms with Gasteiger partial charge in [0.1, 0.15) is 4.90 Å². The predicted octanol–water partition coefficient (Wildman–Crippen LogP) is 2.73. The van der Waals surface area contributed by atoms with Gasteiger partial charge in [0.05, 0.1) is 5.02 Å². The number of carbonyl (C=O) groups is 1. The van der Waals surface area contributed by atoms with Crippen LogP contribution in [0.15, 0.2) is 17.0 Å². The molecule has 0 aromatic heterocycles. The lowest BCUT2D eigenvalue weighted by Gasteiger charge is -2.09. The Hall–Kier alpha value is -0.820. The Morgan fingerprint density at radius 3 is 2.57 bits per heavy atom. The number of hydrogen-bond acceptors (Lipinski definition) is 4. The minimum Gasteiger partial charge on any atom is -0.385 e. The van der Waals surface area contributed by atoms with Crippen LogP contribution >= 0.6 is 22.3 Å². The average Bonchev–Trinajstić information content (AvgIpc) is 2.39. The van der Waals surface area contributed by atoms with Gasteiger partial charge in [-0.05, 0) is 37.5 Å². The number of aryl methyl sites for hydroxylation is 1. The smallest absolute Gasteiger partial charge is 0.262 e. The van der Waals surface area contributed by atoms with Crippen molar-refractivity contribution in [2.45, 2.75) is 24.7 Å². The fourth-order valence-corrected chi connectivity index (χ4v) is 3.26. The molecule has 0 saturated carbocycles. The van der Waals surface area contributed by atoms with E-state index >= 15 is 0 Å². The second-order valence-corrected chi connectivity index (χ2v) is 7.41. The Bertz CT molecular complexity index is 617. The standard InChI is InChI=1S/C13H17Cl2NO4S/c1-9-7-10(8-11(12(9)14)21(15,18)19)13(17)16-5-3-4-6-20-2/h7-8H,3-6H2,1-2H3,(H,16,17). The fraction of sp³-hybridized carbons (Fsp3) is 0.462. The van der Waals surface area contributed by atoms with E-state index in [1.807, 2.05) is 0 Å². The molecule has 0 heterocycles. The van der Waals surface area contributed by atoms with Gasteiger partial charge in [-0.2, -0.15) is 0 Å². The Morgan fingerprint density at radius 2 is 2.00 bits per heavy atom. The summed E-state index contributed by atoms with van der Waals surface area (Å²) < 4.78 is 27.8. The molecule has 21 heavy (non-hydrogen) atoms. The number of halogens is 2. The Labute approximate surface area is 134 Å². The summed E-state index contributed by atoms with van der Waals surface area (Å²) in [4.78, 5) is 11.7. The van der Waals surface area contributed by atoms with Crippen LogP contribution in [-0.2, 0) is 13.8 Å². The summed E-state index contributed by atoms with van der Waals surface area (Å²) in [7, 11) is 2.93. The number of hydrogen-bond donors (Lipinski definition) is 1. The quantitative estimate of drug-likeness (QED) is 0.604. The monoisotopic (exact) mass is 353 g/mol. The maximum atomic E-state index is 12.0. The third-order valence-corrected chi connectivity index (χ3v) is 4.77. The van der Waals surface area contributed by atoms with E-state index in [-0.39, 0.29) is 21.4 Å². The molecule has 1 aromatic rings. The third-order valence-electron chi connectivity index (χ3n) is 2.81. The van der Waals surface area contributed by atoms with E-state index in [9.17, 15) is 13.2 Å². The number of nitrogens with one attached hydrogen (secondary N) is 1. The van der Waals surface area contributed by atoms with E-state index in [1.165, 1.54) is 12.1 Å². The van der Waals surface area contributed by atoms with Gasteiger partial charge in [-0.25, -0.2) is 8.42 Å². The molecule has 1 amide bonds. The molecular weight excluding hydrogens is 337 g/mol. The lowest BCUT2D eigenvalue weighted by molar-refractivity contribution is 0.0951. The van der Waals surface area contributed by atoms with Gasteiger partial charge in [0.25, 0.3) is 15.0 Å². The van der Waals surface area contributed by atoms with E-state index in [4.69, 9.17) is 27.0 Å². The van der Waals surface area contributed by atoms with Gasteiger partial charge >= 0.3 is 0 Å². The summed E-state index contributed by atoms with van der Waals surface area (Å²) in [6.07, 6.45) is 1.60. The molecule has 0 aliphatic carbocycles. The minimum absolute atomic E-state index is 0.0293. The zero-order valence-electron chi connectivity index (χ0n) is 11.8. The first-order valence-corrected chi connectivity index (χ1v) is 8.98. The van der Waals surface area contributed by atoms with Gasteiger partial charge in [0.15, 0.2) is 0 Å². The Balaban J connectivity index is 2.84. The van der Waals surface area contributed by atoms with Crippen molar-refractivity contribution in [1.82, 2.24) is 5.32 Å². The molecule has 0 radical (unpaired) electrons. The third kappa shape index (κ3) is 5.47. The molecule has 0 bridgehead atoms. The van der Waals surface area contributed by atoms with Gasteiger partial charge in [-0.15, -0.1) is 0 Å². The van der Waals surface area contributed by atoms with Crippen LogP contribution in [0, 0.1) is 6.92 Å². The van der Waals surface area contributed by atoms with Crippen LogP contribution in [0.4, 0.5) is 0 Å². The highest BCUT2D eigenvalue weighted by Crippen LogP contribution is 2.29. The molecule has 8 heteroatoms.